The molecule has 0 aliphatic carbocycles. The van der Waals surface area contributed by atoms with Gasteiger partial charge in [0.05, 0.1) is 16.2 Å². The molecule has 0 atom stereocenters. The number of phenolic OH excluding ortho intramolecular Hbond substituents is 1. The van der Waals surface area contributed by atoms with Crippen LogP contribution in [-0.4, -0.2) is 15.9 Å². The van der Waals surface area contributed by atoms with Crippen LogP contribution in [0.15, 0.2) is 36.4 Å². The van der Waals surface area contributed by atoms with Crippen molar-refractivity contribution < 1.29 is 14.8 Å². The first-order valence-corrected chi connectivity index (χ1v) is 6.38. The van der Waals surface area contributed by atoms with Crippen molar-refractivity contribution in [3.63, 3.8) is 0 Å². The minimum atomic E-state index is -0.683. The number of amides is 1. The normalized spacial score (nSPS) is 10.2. The van der Waals surface area contributed by atoms with E-state index in [0.717, 1.165) is 0 Å². The summed E-state index contributed by atoms with van der Waals surface area (Å²) in [5.74, 6) is -0.948. The fourth-order valence-corrected chi connectivity index (χ4v) is 2.05. The number of nitrogens with zero attached hydrogens (tertiary/aromatic N) is 1. The van der Waals surface area contributed by atoms with Crippen LogP contribution >= 0.6 is 23.2 Å². The lowest BCUT2D eigenvalue weighted by Crippen LogP contribution is -2.12. The fourth-order valence-electron chi connectivity index (χ4n) is 1.64. The standard InChI is InChI=1S/C13H8Cl2N2O4/c14-7-4-5-11(18)8(6-7)13(19)16-9-2-1-3-10(12(9)15)17(20)21/h1-6,18H,(H,16,19). The van der Waals surface area contributed by atoms with Crippen LogP contribution in [0.25, 0.3) is 0 Å². The van der Waals surface area contributed by atoms with Gasteiger partial charge in [-0.2, -0.15) is 0 Å². The quantitative estimate of drug-likeness (QED) is 0.661. The Morgan fingerprint density at radius 1 is 1.24 bits per heavy atom. The van der Waals surface area contributed by atoms with E-state index in [4.69, 9.17) is 23.2 Å². The Morgan fingerprint density at radius 3 is 2.62 bits per heavy atom. The maximum Gasteiger partial charge on any atom is 0.290 e. The maximum absolute atomic E-state index is 12.1. The van der Waals surface area contributed by atoms with Crippen molar-refractivity contribution >= 4 is 40.5 Å². The molecule has 6 nitrogen and oxygen atoms in total. The zero-order valence-electron chi connectivity index (χ0n) is 10.3. The van der Waals surface area contributed by atoms with Gasteiger partial charge >= 0.3 is 0 Å². The first kappa shape index (κ1) is 15.1. The molecule has 0 radical (unpaired) electrons. The predicted octanol–water partition coefficient (Wildman–Crippen LogP) is 3.86. The number of nitrogens with one attached hydrogen (secondary N) is 1. The first-order valence-electron chi connectivity index (χ1n) is 5.63. The van der Waals surface area contributed by atoms with E-state index >= 15 is 0 Å². The second-order valence-corrected chi connectivity index (χ2v) is 4.83. The average molecular weight is 327 g/mol. The number of aromatic hydroxyl groups is 1. The van der Waals surface area contributed by atoms with Crippen LogP contribution in [0.1, 0.15) is 10.4 Å². The molecule has 2 aromatic carbocycles. The lowest BCUT2D eigenvalue weighted by Gasteiger charge is -2.08. The molecule has 0 unspecified atom stereocenters. The summed E-state index contributed by atoms with van der Waals surface area (Å²) in [5.41, 5.74) is -0.329. The molecule has 0 aliphatic rings. The van der Waals surface area contributed by atoms with Crippen molar-refractivity contribution in [1.29, 1.82) is 0 Å². The third-order valence-corrected chi connectivity index (χ3v) is 3.26. The Balaban J connectivity index is 2.34. The number of hydrogen-bond donors (Lipinski definition) is 2. The second kappa shape index (κ2) is 5.99. The van der Waals surface area contributed by atoms with Gasteiger partial charge in [0.2, 0.25) is 0 Å². The topological polar surface area (TPSA) is 92.5 Å². The van der Waals surface area contributed by atoms with Gasteiger partial charge in [-0.3, -0.25) is 14.9 Å². The van der Waals surface area contributed by atoms with Crippen LogP contribution in [0.5, 0.6) is 5.75 Å². The summed E-state index contributed by atoms with van der Waals surface area (Å²) in [6.07, 6.45) is 0. The van der Waals surface area contributed by atoms with Gasteiger partial charge in [0.25, 0.3) is 11.6 Å². The highest BCUT2D eigenvalue weighted by Crippen LogP contribution is 2.32. The van der Waals surface area contributed by atoms with Crippen molar-refractivity contribution in [2.75, 3.05) is 5.32 Å². The fraction of sp³-hybridized carbons (Fsp3) is 0. The van der Waals surface area contributed by atoms with E-state index in [1.54, 1.807) is 0 Å². The Kier molecular flexibility index (Phi) is 4.30. The van der Waals surface area contributed by atoms with Crippen molar-refractivity contribution in [3.8, 4) is 5.75 Å². The van der Waals surface area contributed by atoms with Gasteiger partial charge in [0, 0.05) is 11.1 Å². The van der Waals surface area contributed by atoms with Gasteiger partial charge in [-0.25, -0.2) is 0 Å². The monoisotopic (exact) mass is 326 g/mol. The first-order chi connectivity index (χ1) is 9.90. The number of phenols is 1. The highest BCUT2D eigenvalue weighted by atomic mass is 35.5. The summed E-state index contributed by atoms with van der Waals surface area (Å²) in [6, 6.07) is 7.99. The zero-order chi connectivity index (χ0) is 15.6. The zero-order valence-corrected chi connectivity index (χ0v) is 11.9. The molecule has 0 aromatic heterocycles. The summed E-state index contributed by atoms with van der Waals surface area (Å²) < 4.78 is 0. The van der Waals surface area contributed by atoms with E-state index < -0.39 is 10.8 Å². The molecule has 0 saturated heterocycles. The Labute approximate surface area is 129 Å². The third-order valence-electron chi connectivity index (χ3n) is 2.63. The third kappa shape index (κ3) is 3.24. The van der Waals surface area contributed by atoms with Gasteiger partial charge in [-0.05, 0) is 24.3 Å². The summed E-state index contributed by atoms with van der Waals surface area (Å²) in [5, 5.41) is 22.9. The molecule has 108 valence electrons. The second-order valence-electron chi connectivity index (χ2n) is 4.01. The maximum atomic E-state index is 12.1. The molecule has 0 bridgehead atoms. The molecule has 0 aliphatic heterocycles. The van der Waals surface area contributed by atoms with E-state index in [9.17, 15) is 20.0 Å². The molecule has 0 fully saturated rings. The predicted molar refractivity (Wildman–Crippen MR) is 79.2 cm³/mol. The molecule has 0 saturated carbocycles. The van der Waals surface area contributed by atoms with Crippen LogP contribution < -0.4 is 5.32 Å². The lowest BCUT2D eigenvalue weighted by atomic mass is 10.2. The minimum Gasteiger partial charge on any atom is -0.507 e. The van der Waals surface area contributed by atoms with E-state index in [1.807, 2.05) is 0 Å². The number of rotatable bonds is 3. The molecule has 0 heterocycles. The Hall–Kier alpha value is -2.31. The van der Waals surface area contributed by atoms with Crippen LogP contribution in [0.4, 0.5) is 11.4 Å². The van der Waals surface area contributed by atoms with Gasteiger partial charge in [-0.15, -0.1) is 0 Å². The molecule has 21 heavy (non-hydrogen) atoms. The summed E-state index contributed by atoms with van der Waals surface area (Å²) in [7, 11) is 0. The smallest absolute Gasteiger partial charge is 0.290 e. The number of benzene rings is 2. The van der Waals surface area contributed by atoms with Crippen LogP contribution in [-0.2, 0) is 0 Å². The highest BCUT2D eigenvalue weighted by molar-refractivity contribution is 6.36. The lowest BCUT2D eigenvalue weighted by molar-refractivity contribution is -0.384. The van der Waals surface area contributed by atoms with Gasteiger partial charge < -0.3 is 10.4 Å². The van der Waals surface area contributed by atoms with Gasteiger partial charge in [0.1, 0.15) is 10.8 Å². The summed E-state index contributed by atoms with van der Waals surface area (Å²) in [6.45, 7) is 0. The van der Waals surface area contributed by atoms with Crippen LogP contribution in [0.3, 0.4) is 0 Å². The van der Waals surface area contributed by atoms with Crippen LogP contribution in [0.2, 0.25) is 10.0 Å². The van der Waals surface area contributed by atoms with Crippen LogP contribution in [0, 0.1) is 10.1 Å². The molecule has 2 rings (SSSR count). The largest absolute Gasteiger partial charge is 0.507 e. The summed E-state index contributed by atoms with van der Waals surface area (Å²) in [4.78, 5) is 22.2. The molecule has 2 N–H and O–H groups in total. The van der Waals surface area contributed by atoms with Crippen molar-refractivity contribution in [1.82, 2.24) is 0 Å². The molecule has 1 amide bonds. The molecule has 8 heteroatoms. The Bertz CT molecular complexity index is 734. The number of halogens is 2. The Morgan fingerprint density at radius 2 is 1.95 bits per heavy atom. The minimum absolute atomic E-state index is 0.0647. The molecule has 0 spiro atoms. The number of carbonyl (C=O) groups excluding carboxylic acids is 1. The average Bonchev–Trinajstić information content (AvgIpc) is 2.43. The van der Waals surface area contributed by atoms with Gasteiger partial charge in [-0.1, -0.05) is 29.3 Å². The van der Waals surface area contributed by atoms with Crippen molar-refractivity contribution in [2.24, 2.45) is 0 Å². The molecular weight excluding hydrogens is 319 g/mol. The van der Waals surface area contributed by atoms with E-state index in [2.05, 4.69) is 5.32 Å². The number of nitro groups is 1. The van der Waals surface area contributed by atoms with Crippen molar-refractivity contribution in [2.45, 2.75) is 0 Å². The number of hydrogen-bond acceptors (Lipinski definition) is 4. The van der Waals surface area contributed by atoms with E-state index in [0.29, 0.717) is 0 Å². The number of carbonyl (C=O) groups is 1. The van der Waals surface area contributed by atoms with Crippen molar-refractivity contribution in [3.05, 3.63) is 62.1 Å². The molecule has 2 aromatic rings. The molecular formula is C13H8Cl2N2O4. The van der Waals surface area contributed by atoms with E-state index in [1.165, 1.54) is 36.4 Å². The van der Waals surface area contributed by atoms with E-state index in [-0.39, 0.29) is 32.7 Å². The number of anilines is 1. The SMILES string of the molecule is O=C(Nc1cccc([N+](=O)[O-])c1Cl)c1cc(Cl)ccc1O. The summed E-state index contributed by atoms with van der Waals surface area (Å²) >= 11 is 11.6. The van der Waals surface area contributed by atoms with Gasteiger partial charge in [0.15, 0.2) is 0 Å². The highest BCUT2D eigenvalue weighted by Gasteiger charge is 2.18. The number of nitro benzene ring substituents is 1.